The molecule has 1 aromatic rings. The topological polar surface area (TPSA) is 82.8 Å². The van der Waals surface area contributed by atoms with Gasteiger partial charge >= 0.3 is 0 Å². The van der Waals surface area contributed by atoms with Crippen molar-refractivity contribution < 1.29 is 4.92 Å². The standard InChI is InChI=1S/C22H37N5O2.HI/c1-4-26(5-2)16-8-9-18(3)24-22(25-20-10-6-7-11-20)23-17-19-12-14-21(15-13-19)27(28)29;/h12-15,18,20H,4-11,16-17H2,1-3H3,(H2,23,24,25);1H. The Morgan fingerprint density at radius 1 is 1.23 bits per heavy atom. The first-order chi connectivity index (χ1) is 14.0. The second kappa shape index (κ2) is 14.6. The normalized spacial score (nSPS) is 15.7. The monoisotopic (exact) mass is 531 g/mol. The van der Waals surface area contributed by atoms with Crippen LogP contribution in [0.25, 0.3) is 0 Å². The Kier molecular flexibility index (Phi) is 12.9. The highest BCUT2D eigenvalue weighted by molar-refractivity contribution is 14.0. The number of aliphatic imine (C=N–C) groups is 1. The molecule has 1 saturated carbocycles. The molecular weight excluding hydrogens is 493 g/mol. The Hall–Kier alpha value is -1.42. The Morgan fingerprint density at radius 2 is 1.87 bits per heavy atom. The molecule has 0 saturated heterocycles. The van der Waals surface area contributed by atoms with E-state index in [2.05, 4.69) is 36.3 Å². The molecule has 0 heterocycles. The van der Waals surface area contributed by atoms with Crippen molar-refractivity contribution in [2.45, 2.75) is 77.9 Å². The van der Waals surface area contributed by atoms with Gasteiger partial charge in [-0.25, -0.2) is 4.99 Å². The highest BCUT2D eigenvalue weighted by Crippen LogP contribution is 2.18. The molecule has 7 nitrogen and oxygen atoms in total. The zero-order valence-corrected chi connectivity index (χ0v) is 20.9. The van der Waals surface area contributed by atoms with Crippen molar-refractivity contribution in [3.8, 4) is 0 Å². The number of nitro benzene ring substituents is 1. The van der Waals surface area contributed by atoms with E-state index >= 15 is 0 Å². The summed E-state index contributed by atoms with van der Waals surface area (Å²) < 4.78 is 0. The van der Waals surface area contributed by atoms with Crippen LogP contribution in [0.5, 0.6) is 0 Å². The predicted octanol–water partition coefficient (Wildman–Crippen LogP) is 4.70. The first kappa shape index (κ1) is 26.6. The van der Waals surface area contributed by atoms with Crippen molar-refractivity contribution in [3.05, 3.63) is 39.9 Å². The Morgan fingerprint density at radius 3 is 2.43 bits per heavy atom. The van der Waals surface area contributed by atoms with E-state index in [0.29, 0.717) is 18.6 Å². The Bertz CT molecular complexity index is 643. The summed E-state index contributed by atoms with van der Waals surface area (Å²) in [4.78, 5) is 17.7. The lowest BCUT2D eigenvalue weighted by Gasteiger charge is -2.23. The second-order valence-electron chi connectivity index (χ2n) is 7.93. The number of benzene rings is 1. The van der Waals surface area contributed by atoms with Gasteiger partial charge in [-0.05, 0) is 57.8 Å². The van der Waals surface area contributed by atoms with E-state index in [9.17, 15) is 10.1 Å². The average molecular weight is 531 g/mol. The van der Waals surface area contributed by atoms with Crippen LogP contribution in [0.3, 0.4) is 0 Å². The third-order valence-corrected chi connectivity index (χ3v) is 5.65. The molecule has 0 radical (unpaired) electrons. The summed E-state index contributed by atoms with van der Waals surface area (Å²) in [5.41, 5.74) is 1.08. The maximum Gasteiger partial charge on any atom is 0.269 e. The average Bonchev–Trinajstić information content (AvgIpc) is 3.23. The molecule has 1 aromatic carbocycles. The van der Waals surface area contributed by atoms with Crippen molar-refractivity contribution in [1.82, 2.24) is 15.5 Å². The van der Waals surface area contributed by atoms with Crippen LogP contribution >= 0.6 is 24.0 Å². The van der Waals surface area contributed by atoms with Crippen LogP contribution in [0.4, 0.5) is 5.69 Å². The predicted molar refractivity (Wildman–Crippen MR) is 135 cm³/mol. The minimum absolute atomic E-state index is 0. The number of nitro groups is 1. The van der Waals surface area contributed by atoms with Gasteiger partial charge in [0, 0.05) is 24.2 Å². The maximum absolute atomic E-state index is 10.8. The zero-order chi connectivity index (χ0) is 21.1. The first-order valence-electron chi connectivity index (χ1n) is 11.0. The van der Waals surface area contributed by atoms with E-state index in [1.807, 2.05) is 0 Å². The molecule has 8 heteroatoms. The van der Waals surface area contributed by atoms with E-state index in [4.69, 9.17) is 4.99 Å². The summed E-state index contributed by atoms with van der Waals surface area (Å²) in [7, 11) is 0. The second-order valence-corrected chi connectivity index (χ2v) is 7.93. The third kappa shape index (κ3) is 9.59. The molecule has 30 heavy (non-hydrogen) atoms. The highest BCUT2D eigenvalue weighted by atomic mass is 127. The number of hydrogen-bond donors (Lipinski definition) is 2. The van der Waals surface area contributed by atoms with Crippen molar-refractivity contribution in [1.29, 1.82) is 0 Å². The van der Waals surface area contributed by atoms with E-state index in [0.717, 1.165) is 44.0 Å². The molecule has 1 unspecified atom stereocenters. The minimum atomic E-state index is -0.373. The van der Waals surface area contributed by atoms with Crippen LogP contribution in [0.1, 0.15) is 64.9 Å². The lowest BCUT2D eigenvalue weighted by Crippen LogP contribution is -2.46. The number of halogens is 1. The number of guanidine groups is 1. The molecule has 1 atom stereocenters. The molecule has 1 fully saturated rings. The smallest absolute Gasteiger partial charge is 0.269 e. The Labute approximate surface area is 198 Å². The van der Waals surface area contributed by atoms with Gasteiger partial charge in [-0.15, -0.1) is 24.0 Å². The highest BCUT2D eigenvalue weighted by Gasteiger charge is 2.17. The van der Waals surface area contributed by atoms with E-state index in [1.54, 1.807) is 12.1 Å². The molecule has 0 aliphatic heterocycles. The van der Waals surface area contributed by atoms with Gasteiger partial charge < -0.3 is 15.5 Å². The van der Waals surface area contributed by atoms with Crippen LogP contribution < -0.4 is 10.6 Å². The molecule has 1 aliphatic rings. The number of nitrogens with zero attached hydrogens (tertiary/aromatic N) is 3. The molecular formula is C22H38IN5O2. The summed E-state index contributed by atoms with van der Waals surface area (Å²) in [6, 6.07) is 7.47. The minimum Gasteiger partial charge on any atom is -0.354 e. The van der Waals surface area contributed by atoms with Gasteiger partial charge in [-0.3, -0.25) is 10.1 Å². The molecule has 0 amide bonds. The number of nitrogens with one attached hydrogen (secondary N) is 2. The summed E-state index contributed by atoms with van der Waals surface area (Å²) in [6.45, 7) is 10.5. The summed E-state index contributed by atoms with van der Waals surface area (Å²) in [5.74, 6) is 0.852. The summed E-state index contributed by atoms with van der Waals surface area (Å²) in [5, 5.41) is 18.0. The SMILES string of the molecule is CCN(CC)CCCC(C)NC(=NCc1ccc([N+](=O)[O-])cc1)NC1CCCC1.I. The van der Waals surface area contributed by atoms with Gasteiger partial charge in [0.1, 0.15) is 0 Å². The Balaban J connectivity index is 0.00000450. The molecule has 2 rings (SSSR count). The van der Waals surface area contributed by atoms with E-state index in [-0.39, 0.29) is 34.6 Å². The molecule has 1 aliphatic carbocycles. The zero-order valence-electron chi connectivity index (χ0n) is 18.6. The van der Waals surface area contributed by atoms with Crippen molar-refractivity contribution in [2.75, 3.05) is 19.6 Å². The fourth-order valence-electron chi connectivity index (χ4n) is 3.76. The summed E-state index contributed by atoms with van der Waals surface area (Å²) >= 11 is 0. The van der Waals surface area contributed by atoms with Crippen molar-refractivity contribution >= 4 is 35.6 Å². The molecule has 2 N–H and O–H groups in total. The van der Waals surface area contributed by atoms with Gasteiger partial charge in [0.05, 0.1) is 11.5 Å². The van der Waals surface area contributed by atoms with Crippen molar-refractivity contribution in [3.63, 3.8) is 0 Å². The molecule has 170 valence electrons. The van der Waals surface area contributed by atoms with Crippen LogP contribution in [-0.4, -0.2) is 47.5 Å². The van der Waals surface area contributed by atoms with Gasteiger partial charge in [0.25, 0.3) is 5.69 Å². The quantitative estimate of drug-likeness (QED) is 0.142. The van der Waals surface area contributed by atoms with Gasteiger partial charge in [0.15, 0.2) is 5.96 Å². The lowest BCUT2D eigenvalue weighted by atomic mass is 10.1. The summed E-state index contributed by atoms with van der Waals surface area (Å²) in [6.07, 6.45) is 7.18. The largest absolute Gasteiger partial charge is 0.354 e. The van der Waals surface area contributed by atoms with Gasteiger partial charge in [-0.2, -0.15) is 0 Å². The van der Waals surface area contributed by atoms with Crippen molar-refractivity contribution in [2.24, 2.45) is 4.99 Å². The first-order valence-corrected chi connectivity index (χ1v) is 11.0. The van der Waals surface area contributed by atoms with E-state index < -0.39 is 0 Å². The fourth-order valence-corrected chi connectivity index (χ4v) is 3.76. The third-order valence-electron chi connectivity index (χ3n) is 5.65. The molecule has 0 bridgehead atoms. The van der Waals surface area contributed by atoms with Crippen LogP contribution in [0.15, 0.2) is 29.3 Å². The van der Waals surface area contributed by atoms with Crippen LogP contribution in [0, 0.1) is 10.1 Å². The number of non-ortho nitro benzene ring substituents is 1. The molecule has 0 spiro atoms. The maximum atomic E-state index is 10.8. The van der Waals surface area contributed by atoms with Gasteiger partial charge in [-0.1, -0.05) is 38.8 Å². The van der Waals surface area contributed by atoms with Crippen LogP contribution in [-0.2, 0) is 6.54 Å². The fraction of sp³-hybridized carbons (Fsp3) is 0.682. The number of rotatable bonds is 11. The van der Waals surface area contributed by atoms with Gasteiger partial charge in [0.2, 0.25) is 0 Å². The van der Waals surface area contributed by atoms with E-state index in [1.165, 1.54) is 37.8 Å². The molecule has 0 aromatic heterocycles. The van der Waals surface area contributed by atoms with Crippen LogP contribution in [0.2, 0.25) is 0 Å². The lowest BCUT2D eigenvalue weighted by molar-refractivity contribution is -0.384. The number of hydrogen-bond acceptors (Lipinski definition) is 4.